The second-order valence-corrected chi connectivity index (χ2v) is 8.11. The number of oxazole rings is 1. The molecule has 0 fully saturated rings. The summed E-state index contributed by atoms with van der Waals surface area (Å²) in [7, 11) is 0. The summed E-state index contributed by atoms with van der Waals surface area (Å²) in [5.41, 5.74) is 7.90. The molecule has 31 heavy (non-hydrogen) atoms. The number of nitrogens with zero attached hydrogens (tertiary/aromatic N) is 1. The standard InChI is InChI=1S/C25H23N3O2S/c1-14-11-17(4)22-21(12-14)26-24(30-22)18-10-9-16(3)20(13-18)27-25(31)28-23(29)19-8-6-5-7-15(19)2/h5-13H,1-4H3,(H2,27,28,29,31). The molecule has 1 aromatic heterocycles. The van der Waals surface area contributed by atoms with E-state index in [1.165, 1.54) is 0 Å². The van der Waals surface area contributed by atoms with E-state index in [9.17, 15) is 4.79 Å². The maximum absolute atomic E-state index is 12.5. The zero-order valence-corrected chi connectivity index (χ0v) is 18.7. The van der Waals surface area contributed by atoms with Gasteiger partial charge in [0.2, 0.25) is 5.89 Å². The van der Waals surface area contributed by atoms with Gasteiger partial charge in [0.05, 0.1) is 0 Å². The molecule has 156 valence electrons. The molecular weight excluding hydrogens is 406 g/mol. The Balaban J connectivity index is 1.57. The lowest BCUT2D eigenvalue weighted by Crippen LogP contribution is -2.34. The SMILES string of the molecule is Cc1cc(C)c2oc(-c3ccc(C)c(NC(=S)NC(=O)c4ccccc4C)c3)nc2c1. The first-order valence-corrected chi connectivity index (χ1v) is 10.4. The van der Waals surface area contributed by atoms with Crippen LogP contribution in [0.5, 0.6) is 0 Å². The monoisotopic (exact) mass is 429 g/mol. The molecule has 0 bridgehead atoms. The van der Waals surface area contributed by atoms with Gasteiger partial charge in [0.25, 0.3) is 5.91 Å². The predicted octanol–water partition coefficient (Wildman–Crippen LogP) is 5.86. The third kappa shape index (κ3) is 4.34. The van der Waals surface area contributed by atoms with Crippen LogP contribution in [0.3, 0.4) is 0 Å². The predicted molar refractivity (Wildman–Crippen MR) is 129 cm³/mol. The fourth-order valence-corrected chi connectivity index (χ4v) is 3.74. The van der Waals surface area contributed by atoms with Crippen LogP contribution in [0, 0.1) is 27.7 Å². The van der Waals surface area contributed by atoms with Crippen LogP contribution in [0.25, 0.3) is 22.6 Å². The van der Waals surface area contributed by atoms with Crippen molar-refractivity contribution in [1.82, 2.24) is 10.3 Å². The van der Waals surface area contributed by atoms with Crippen LogP contribution in [0.15, 0.2) is 59.0 Å². The molecule has 0 aliphatic carbocycles. The van der Waals surface area contributed by atoms with Crippen LogP contribution >= 0.6 is 12.2 Å². The maximum Gasteiger partial charge on any atom is 0.257 e. The Hall–Kier alpha value is -3.51. The van der Waals surface area contributed by atoms with Gasteiger partial charge in [-0.15, -0.1) is 0 Å². The molecule has 0 spiro atoms. The number of anilines is 1. The van der Waals surface area contributed by atoms with Gasteiger partial charge in [-0.1, -0.05) is 30.3 Å². The molecule has 1 amide bonds. The number of hydrogen-bond acceptors (Lipinski definition) is 4. The lowest BCUT2D eigenvalue weighted by Gasteiger charge is -2.13. The molecule has 2 N–H and O–H groups in total. The number of thiocarbonyl (C=S) groups is 1. The Kier molecular flexibility index (Phi) is 5.57. The van der Waals surface area contributed by atoms with E-state index in [2.05, 4.69) is 21.7 Å². The van der Waals surface area contributed by atoms with Crippen molar-refractivity contribution in [3.63, 3.8) is 0 Å². The van der Waals surface area contributed by atoms with E-state index in [1.54, 1.807) is 6.07 Å². The van der Waals surface area contributed by atoms with E-state index in [0.29, 0.717) is 11.5 Å². The number of aryl methyl sites for hydroxylation is 4. The minimum Gasteiger partial charge on any atom is -0.436 e. The van der Waals surface area contributed by atoms with Crippen LogP contribution in [0.1, 0.15) is 32.6 Å². The van der Waals surface area contributed by atoms with Crippen LogP contribution in [0.2, 0.25) is 0 Å². The minimum absolute atomic E-state index is 0.234. The van der Waals surface area contributed by atoms with E-state index in [0.717, 1.165) is 44.6 Å². The Morgan fingerprint density at radius 1 is 0.935 bits per heavy atom. The fourth-order valence-electron chi connectivity index (χ4n) is 3.54. The number of benzene rings is 3. The van der Waals surface area contributed by atoms with Crippen molar-refractivity contribution in [1.29, 1.82) is 0 Å². The summed E-state index contributed by atoms with van der Waals surface area (Å²) in [6, 6.07) is 17.3. The molecule has 0 aliphatic heterocycles. The zero-order valence-electron chi connectivity index (χ0n) is 17.9. The van der Waals surface area contributed by atoms with E-state index >= 15 is 0 Å². The van der Waals surface area contributed by atoms with Crippen molar-refractivity contribution in [2.75, 3.05) is 5.32 Å². The quantitative estimate of drug-likeness (QED) is 0.400. The van der Waals surface area contributed by atoms with Gasteiger partial charge < -0.3 is 9.73 Å². The van der Waals surface area contributed by atoms with Gasteiger partial charge in [0.1, 0.15) is 5.52 Å². The third-order valence-electron chi connectivity index (χ3n) is 5.17. The molecule has 4 aromatic rings. The minimum atomic E-state index is -0.241. The normalized spacial score (nSPS) is 10.8. The number of hydrogen-bond donors (Lipinski definition) is 2. The highest BCUT2D eigenvalue weighted by molar-refractivity contribution is 7.80. The van der Waals surface area contributed by atoms with E-state index in [1.807, 2.05) is 70.2 Å². The molecule has 3 aromatic carbocycles. The second-order valence-electron chi connectivity index (χ2n) is 7.70. The van der Waals surface area contributed by atoms with Crippen molar-refractivity contribution >= 4 is 40.0 Å². The topological polar surface area (TPSA) is 67.2 Å². The summed E-state index contributed by atoms with van der Waals surface area (Å²) in [5, 5.41) is 6.11. The Bertz CT molecular complexity index is 1320. The van der Waals surface area contributed by atoms with Gasteiger partial charge in [-0.2, -0.15) is 0 Å². The van der Waals surface area contributed by atoms with Crippen LogP contribution in [-0.2, 0) is 0 Å². The number of amides is 1. The first-order chi connectivity index (χ1) is 14.8. The van der Waals surface area contributed by atoms with Crippen molar-refractivity contribution < 1.29 is 9.21 Å². The van der Waals surface area contributed by atoms with Gasteiger partial charge in [-0.05, 0) is 86.4 Å². The molecule has 0 radical (unpaired) electrons. The number of fused-ring (bicyclic) bond motifs is 1. The largest absolute Gasteiger partial charge is 0.436 e. The number of rotatable bonds is 3. The average molecular weight is 430 g/mol. The molecule has 0 atom stereocenters. The Labute approximate surface area is 186 Å². The average Bonchev–Trinajstić information content (AvgIpc) is 3.14. The first-order valence-electron chi connectivity index (χ1n) is 9.98. The molecule has 0 saturated carbocycles. The van der Waals surface area contributed by atoms with Crippen LogP contribution in [0.4, 0.5) is 5.69 Å². The molecular formula is C25H23N3O2S. The molecule has 6 heteroatoms. The lowest BCUT2D eigenvalue weighted by molar-refractivity contribution is 0.0977. The number of nitrogens with one attached hydrogen (secondary N) is 2. The maximum atomic E-state index is 12.5. The van der Waals surface area contributed by atoms with Crippen molar-refractivity contribution in [2.24, 2.45) is 0 Å². The molecule has 4 rings (SSSR count). The van der Waals surface area contributed by atoms with Crippen molar-refractivity contribution in [3.8, 4) is 11.5 Å². The Morgan fingerprint density at radius 3 is 2.48 bits per heavy atom. The zero-order chi connectivity index (χ0) is 22.1. The fraction of sp³-hybridized carbons (Fsp3) is 0.160. The summed E-state index contributed by atoms with van der Waals surface area (Å²) in [6.07, 6.45) is 0. The molecule has 0 unspecified atom stereocenters. The first kappa shape index (κ1) is 20.8. The molecule has 1 heterocycles. The van der Waals surface area contributed by atoms with Gasteiger partial charge in [-0.25, -0.2) is 4.98 Å². The highest BCUT2D eigenvalue weighted by Crippen LogP contribution is 2.30. The number of aromatic nitrogens is 1. The molecule has 0 aliphatic rings. The van der Waals surface area contributed by atoms with Crippen molar-refractivity contribution in [2.45, 2.75) is 27.7 Å². The van der Waals surface area contributed by atoms with Crippen molar-refractivity contribution in [3.05, 3.63) is 82.4 Å². The van der Waals surface area contributed by atoms with Gasteiger partial charge in [-0.3, -0.25) is 10.1 Å². The highest BCUT2D eigenvalue weighted by atomic mass is 32.1. The van der Waals surface area contributed by atoms with Crippen LogP contribution in [-0.4, -0.2) is 16.0 Å². The highest BCUT2D eigenvalue weighted by Gasteiger charge is 2.14. The summed E-state index contributed by atoms with van der Waals surface area (Å²) < 4.78 is 6.03. The van der Waals surface area contributed by atoms with Gasteiger partial charge in [0.15, 0.2) is 10.7 Å². The number of carbonyl (C=O) groups excluding carboxylic acids is 1. The Morgan fingerprint density at radius 2 is 1.71 bits per heavy atom. The summed E-state index contributed by atoms with van der Waals surface area (Å²) in [4.78, 5) is 17.2. The summed E-state index contributed by atoms with van der Waals surface area (Å²) in [5.74, 6) is 0.302. The summed E-state index contributed by atoms with van der Waals surface area (Å²) >= 11 is 5.38. The smallest absolute Gasteiger partial charge is 0.257 e. The molecule has 5 nitrogen and oxygen atoms in total. The van der Waals surface area contributed by atoms with Crippen LogP contribution < -0.4 is 10.6 Å². The molecule has 0 saturated heterocycles. The van der Waals surface area contributed by atoms with Gasteiger partial charge in [0, 0.05) is 16.8 Å². The number of carbonyl (C=O) groups is 1. The summed E-state index contributed by atoms with van der Waals surface area (Å²) in [6.45, 7) is 7.92. The van der Waals surface area contributed by atoms with E-state index in [4.69, 9.17) is 16.6 Å². The van der Waals surface area contributed by atoms with E-state index < -0.39 is 0 Å². The second kappa shape index (κ2) is 8.32. The van der Waals surface area contributed by atoms with E-state index in [-0.39, 0.29) is 11.0 Å². The third-order valence-corrected chi connectivity index (χ3v) is 5.37. The lowest BCUT2D eigenvalue weighted by atomic mass is 10.1. The van der Waals surface area contributed by atoms with Gasteiger partial charge >= 0.3 is 0 Å².